The third-order valence-electron chi connectivity index (χ3n) is 3.98. The van der Waals surface area contributed by atoms with Crippen LogP contribution in [0, 0.1) is 0 Å². The van der Waals surface area contributed by atoms with E-state index in [0.717, 1.165) is 30.9 Å². The Bertz CT molecular complexity index is 758. The van der Waals surface area contributed by atoms with Crippen LogP contribution in [0.25, 0.3) is 5.69 Å². The molecule has 0 saturated heterocycles. The molecular weight excluding hydrogens is 264 g/mol. The zero-order valence-corrected chi connectivity index (χ0v) is 11.6. The number of hydrogen-bond donors (Lipinski definition) is 1. The van der Waals surface area contributed by atoms with Gasteiger partial charge in [-0.1, -0.05) is 18.2 Å². The quantitative estimate of drug-likeness (QED) is 0.776. The molecule has 3 heterocycles. The number of aromatic nitrogens is 5. The predicted molar refractivity (Wildman–Crippen MR) is 79.1 cm³/mol. The first-order valence-electron chi connectivity index (χ1n) is 7.09. The van der Waals surface area contributed by atoms with Crippen LogP contribution >= 0.6 is 0 Å². The maximum absolute atomic E-state index is 5.66. The van der Waals surface area contributed by atoms with Gasteiger partial charge >= 0.3 is 0 Å². The summed E-state index contributed by atoms with van der Waals surface area (Å²) < 4.78 is 3.83. The van der Waals surface area contributed by atoms with Crippen molar-refractivity contribution >= 4 is 5.95 Å². The molecule has 0 radical (unpaired) electrons. The minimum atomic E-state index is 0.366. The standard InChI is InChI=1S/C15H16N6/c16-15-18-14-8-11(6-7-20(14)19-15)12-9-17-21(10-12)13-4-2-1-3-5-13/h1-5,9-11H,6-8H2,(H2,16,19). The molecule has 0 aliphatic carbocycles. The zero-order valence-electron chi connectivity index (χ0n) is 11.6. The molecule has 2 N–H and O–H groups in total. The molecule has 1 atom stereocenters. The van der Waals surface area contributed by atoms with Gasteiger partial charge in [-0.3, -0.25) is 0 Å². The summed E-state index contributed by atoms with van der Waals surface area (Å²) in [7, 11) is 0. The van der Waals surface area contributed by atoms with Crippen LogP contribution in [0.15, 0.2) is 42.7 Å². The summed E-state index contributed by atoms with van der Waals surface area (Å²) in [6.45, 7) is 0.862. The molecule has 106 valence electrons. The smallest absolute Gasteiger partial charge is 0.239 e. The van der Waals surface area contributed by atoms with E-state index in [4.69, 9.17) is 5.73 Å². The molecule has 1 unspecified atom stereocenters. The zero-order chi connectivity index (χ0) is 14.2. The molecule has 4 rings (SSSR count). The number of benzene rings is 1. The lowest BCUT2D eigenvalue weighted by Gasteiger charge is -2.20. The lowest BCUT2D eigenvalue weighted by atomic mass is 9.92. The molecule has 0 amide bonds. The molecule has 21 heavy (non-hydrogen) atoms. The first-order chi connectivity index (χ1) is 10.3. The van der Waals surface area contributed by atoms with Gasteiger partial charge in [0.2, 0.25) is 5.95 Å². The van der Waals surface area contributed by atoms with Gasteiger partial charge in [0.05, 0.1) is 11.9 Å². The van der Waals surface area contributed by atoms with E-state index in [0.29, 0.717) is 11.9 Å². The number of aryl methyl sites for hydroxylation is 1. The molecule has 2 aromatic heterocycles. The average Bonchev–Trinajstić information content (AvgIpc) is 3.12. The second kappa shape index (κ2) is 4.73. The van der Waals surface area contributed by atoms with E-state index < -0.39 is 0 Å². The molecule has 6 heteroatoms. The van der Waals surface area contributed by atoms with Crippen LogP contribution in [-0.4, -0.2) is 24.5 Å². The molecule has 1 aliphatic heterocycles. The van der Waals surface area contributed by atoms with Crippen molar-refractivity contribution in [2.45, 2.75) is 25.3 Å². The highest BCUT2D eigenvalue weighted by Gasteiger charge is 2.23. The van der Waals surface area contributed by atoms with Gasteiger partial charge in [-0.15, -0.1) is 5.10 Å². The molecule has 6 nitrogen and oxygen atoms in total. The van der Waals surface area contributed by atoms with Gasteiger partial charge in [-0.25, -0.2) is 9.36 Å². The van der Waals surface area contributed by atoms with Gasteiger partial charge < -0.3 is 5.73 Å². The largest absolute Gasteiger partial charge is 0.366 e. The average molecular weight is 280 g/mol. The third kappa shape index (κ3) is 2.18. The van der Waals surface area contributed by atoms with Gasteiger partial charge in [0.15, 0.2) is 0 Å². The van der Waals surface area contributed by atoms with Gasteiger partial charge in [0.25, 0.3) is 0 Å². The Morgan fingerprint density at radius 2 is 2.05 bits per heavy atom. The van der Waals surface area contributed by atoms with Crippen LogP contribution in [0.5, 0.6) is 0 Å². The van der Waals surface area contributed by atoms with Gasteiger partial charge in [-0.2, -0.15) is 10.1 Å². The van der Waals surface area contributed by atoms with E-state index in [9.17, 15) is 0 Å². The molecule has 3 aromatic rings. The summed E-state index contributed by atoms with van der Waals surface area (Å²) >= 11 is 0. The number of nitrogens with two attached hydrogens (primary N) is 1. The first-order valence-corrected chi connectivity index (χ1v) is 7.09. The minimum absolute atomic E-state index is 0.366. The third-order valence-corrected chi connectivity index (χ3v) is 3.98. The van der Waals surface area contributed by atoms with Gasteiger partial charge in [0.1, 0.15) is 5.82 Å². The number of hydrogen-bond acceptors (Lipinski definition) is 4. The van der Waals surface area contributed by atoms with Crippen molar-refractivity contribution in [3.8, 4) is 5.69 Å². The monoisotopic (exact) mass is 280 g/mol. The van der Waals surface area contributed by atoms with Crippen molar-refractivity contribution in [1.82, 2.24) is 24.5 Å². The second-order valence-electron chi connectivity index (χ2n) is 5.35. The number of rotatable bonds is 2. The van der Waals surface area contributed by atoms with Crippen molar-refractivity contribution in [3.05, 3.63) is 54.1 Å². The fraction of sp³-hybridized carbons (Fsp3) is 0.267. The fourth-order valence-electron chi connectivity index (χ4n) is 2.88. The minimum Gasteiger partial charge on any atom is -0.366 e. The fourth-order valence-corrected chi connectivity index (χ4v) is 2.88. The maximum atomic E-state index is 5.66. The lowest BCUT2D eigenvalue weighted by Crippen LogP contribution is -2.18. The first kappa shape index (κ1) is 12.1. The van der Waals surface area contributed by atoms with Crippen LogP contribution in [0.1, 0.15) is 23.7 Å². The Morgan fingerprint density at radius 1 is 1.19 bits per heavy atom. The summed E-state index contributed by atoms with van der Waals surface area (Å²) in [5.41, 5.74) is 7.98. The number of anilines is 1. The van der Waals surface area contributed by atoms with E-state index in [-0.39, 0.29) is 0 Å². The second-order valence-corrected chi connectivity index (χ2v) is 5.35. The number of nitrogen functional groups attached to an aromatic ring is 1. The topological polar surface area (TPSA) is 74.6 Å². The van der Waals surface area contributed by atoms with Gasteiger partial charge in [-0.05, 0) is 30.0 Å². The van der Waals surface area contributed by atoms with Crippen LogP contribution < -0.4 is 5.73 Å². The Morgan fingerprint density at radius 3 is 2.90 bits per heavy atom. The van der Waals surface area contributed by atoms with E-state index in [1.54, 1.807) is 0 Å². The molecule has 0 saturated carbocycles. The van der Waals surface area contributed by atoms with Crippen LogP contribution in [0.3, 0.4) is 0 Å². The lowest BCUT2D eigenvalue weighted by molar-refractivity contribution is 0.434. The summed E-state index contributed by atoms with van der Waals surface area (Å²) in [6.07, 6.45) is 5.96. The van der Waals surface area contributed by atoms with E-state index in [1.165, 1.54) is 5.56 Å². The molecule has 1 aliphatic rings. The van der Waals surface area contributed by atoms with Crippen LogP contribution in [0.4, 0.5) is 5.95 Å². The van der Waals surface area contributed by atoms with Crippen molar-refractivity contribution in [2.24, 2.45) is 0 Å². The van der Waals surface area contributed by atoms with E-state index in [2.05, 4.69) is 33.5 Å². The Labute approximate surface area is 122 Å². The van der Waals surface area contributed by atoms with Crippen molar-refractivity contribution < 1.29 is 0 Å². The number of para-hydroxylation sites is 1. The van der Waals surface area contributed by atoms with Gasteiger partial charge in [0, 0.05) is 19.2 Å². The predicted octanol–water partition coefficient (Wildman–Crippen LogP) is 1.78. The Hall–Kier alpha value is -2.63. The van der Waals surface area contributed by atoms with Crippen molar-refractivity contribution in [2.75, 3.05) is 5.73 Å². The summed E-state index contributed by atoms with van der Waals surface area (Å²) in [6, 6.07) is 10.1. The number of nitrogens with zero attached hydrogens (tertiary/aromatic N) is 5. The summed E-state index contributed by atoms with van der Waals surface area (Å²) in [5.74, 6) is 1.76. The SMILES string of the molecule is Nc1nc2n(n1)CCC(c1cnn(-c3ccccc3)c1)C2. The van der Waals surface area contributed by atoms with E-state index in [1.807, 2.05) is 33.8 Å². The molecular formula is C15H16N6. The van der Waals surface area contributed by atoms with Crippen molar-refractivity contribution in [1.29, 1.82) is 0 Å². The summed E-state index contributed by atoms with van der Waals surface area (Å²) in [4.78, 5) is 4.29. The van der Waals surface area contributed by atoms with E-state index >= 15 is 0 Å². The van der Waals surface area contributed by atoms with Crippen LogP contribution in [0.2, 0.25) is 0 Å². The Kier molecular flexibility index (Phi) is 2.73. The van der Waals surface area contributed by atoms with Crippen molar-refractivity contribution in [3.63, 3.8) is 0 Å². The number of fused-ring (bicyclic) bond motifs is 1. The normalized spacial score (nSPS) is 17.6. The summed E-state index contributed by atoms with van der Waals surface area (Å²) in [5, 5.41) is 8.67. The van der Waals surface area contributed by atoms with Crippen LogP contribution in [-0.2, 0) is 13.0 Å². The Balaban J connectivity index is 1.60. The highest BCUT2D eigenvalue weighted by Crippen LogP contribution is 2.28. The highest BCUT2D eigenvalue weighted by molar-refractivity contribution is 5.32. The maximum Gasteiger partial charge on any atom is 0.239 e. The highest BCUT2D eigenvalue weighted by atomic mass is 15.4. The molecule has 0 bridgehead atoms. The molecule has 1 aromatic carbocycles. The molecule has 0 fully saturated rings. The molecule has 0 spiro atoms.